The molecule has 1 heterocycles. The monoisotopic (exact) mass is 278 g/mol. The van der Waals surface area contributed by atoms with Gasteiger partial charge in [-0.1, -0.05) is 6.92 Å². The minimum Gasteiger partial charge on any atom is -0.497 e. The van der Waals surface area contributed by atoms with Crippen LogP contribution >= 0.6 is 11.3 Å². The normalized spacial score (nSPS) is 10.5. The summed E-state index contributed by atoms with van der Waals surface area (Å²) in [7, 11) is 3.31. The molecule has 0 spiro atoms. The number of methoxy groups -OCH3 is 2. The van der Waals surface area contributed by atoms with Crippen LogP contribution in [0, 0.1) is 0 Å². The zero-order valence-corrected chi connectivity index (χ0v) is 12.2. The molecule has 0 aliphatic heterocycles. The summed E-state index contributed by atoms with van der Waals surface area (Å²) in [6.07, 6.45) is 0.884. The highest BCUT2D eigenvalue weighted by Crippen LogP contribution is 2.36. The minimum atomic E-state index is 0.521. The molecule has 0 unspecified atom stereocenters. The molecule has 0 saturated heterocycles. The van der Waals surface area contributed by atoms with Gasteiger partial charge in [-0.3, -0.25) is 0 Å². The summed E-state index contributed by atoms with van der Waals surface area (Å²) >= 11 is 1.61. The van der Waals surface area contributed by atoms with E-state index < -0.39 is 0 Å². The van der Waals surface area contributed by atoms with Crippen LogP contribution in [0.25, 0.3) is 10.6 Å². The van der Waals surface area contributed by atoms with E-state index in [2.05, 4.69) is 11.9 Å². The molecule has 0 aliphatic rings. The molecule has 19 heavy (non-hydrogen) atoms. The van der Waals surface area contributed by atoms with E-state index in [4.69, 9.17) is 15.2 Å². The lowest BCUT2D eigenvalue weighted by Crippen LogP contribution is -1.96. The third-order valence-corrected chi connectivity index (χ3v) is 4.09. The van der Waals surface area contributed by atoms with Gasteiger partial charge in [0.15, 0.2) is 0 Å². The van der Waals surface area contributed by atoms with Gasteiger partial charge in [0.1, 0.15) is 16.5 Å². The van der Waals surface area contributed by atoms with E-state index >= 15 is 0 Å². The van der Waals surface area contributed by atoms with Gasteiger partial charge in [0.25, 0.3) is 0 Å². The second-order valence-electron chi connectivity index (χ2n) is 4.01. The van der Waals surface area contributed by atoms with Crippen molar-refractivity contribution in [2.24, 2.45) is 5.73 Å². The van der Waals surface area contributed by atoms with Crippen LogP contribution in [-0.4, -0.2) is 19.2 Å². The van der Waals surface area contributed by atoms with E-state index in [1.165, 1.54) is 0 Å². The molecular formula is C14H18N2O2S. The fourth-order valence-corrected chi connectivity index (χ4v) is 2.97. The van der Waals surface area contributed by atoms with Crippen LogP contribution in [-0.2, 0) is 13.0 Å². The Labute approximate surface area is 117 Å². The summed E-state index contributed by atoms with van der Waals surface area (Å²) in [5.74, 6) is 1.58. The lowest BCUT2D eigenvalue weighted by molar-refractivity contribution is 0.404. The number of hydrogen-bond donors (Lipinski definition) is 1. The first-order chi connectivity index (χ1) is 9.23. The van der Waals surface area contributed by atoms with Crippen LogP contribution in [0.4, 0.5) is 0 Å². The van der Waals surface area contributed by atoms with Crippen LogP contribution in [0.1, 0.15) is 17.5 Å². The third kappa shape index (κ3) is 2.72. The number of hydrogen-bond acceptors (Lipinski definition) is 5. The zero-order chi connectivity index (χ0) is 13.8. The molecule has 2 N–H and O–H groups in total. The quantitative estimate of drug-likeness (QED) is 0.913. The molecule has 2 rings (SSSR count). The summed E-state index contributed by atoms with van der Waals surface area (Å²) in [6.45, 7) is 2.61. The highest BCUT2D eigenvalue weighted by molar-refractivity contribution is 7.15. The van der Waals surface area contributed by atoms with Gasteiger partial charge in [0, 0.05) is 11.4 Å². The molecule has 0 fully saturated rings. The number of ether oxygens (including phenoxy) is 2. The molecular weight excluding hydrogens is 260 g/mol. The molecule has 102 valence electrons. The van der Waals surface area contributed by atoms with Crippen LogP contribution in [0.5, 0.6) is 11.5 Å². The highest BCUT2D eigenvalue weighted by atomic mass is 32.1. The average molecular weight is 278 g/mol. The molecule has 0 bridgehead atoms. The molecule has 1 aromatic carbocycles. The zero-order valence-electron chi connectivity index (χ0n) is 11.4. The molecule has 2 aromatic rings. The fraction of sp³-hybridized carbons (Fsp3) is 0.357. The maximum Gasteiger partial charge on any atom is 0.129 e. The first-order valence-corrected chi connectivity index (χ1v) is 6.96. The van der Waals surface area contributed by atoms with Gasteiger partial charge in [0.05, 0.1) is 25.5 Å². The van der Waals surface area contributed by atoms with Gasteiger partial charge in [-0.25, -0.2) is 4.98 Å². The van der Waals surface area contributed by atoms with E-state index in [1.807, 2.05) is 18.2 Å². The van der Waals surface area contributed by atoms with E-state index in [1.54, 1.807) is 25.6 Å². The van der Waals surface area contributed by atoms with Gasteiger partial charge in [-0.15, -0.1) is 11.3 Å². The van der Waals surface area contributed by atoms with Crippen LogP contribution < -0.4 is 15.2 Å². The van der Waals surface area contributed by atoms with E-state index in [0.29, 0.717) is 6.54 Å². The fourth-order valence-electron chi connectivity index (χ4n) is 1.92. The lowest BCUT2D eigenvalue weighted by Gasteiger charge is -2.08. The second kappa shape index (κ2) is 6.04. The van der Waals surface area contributed by atoms with Crippen molar-refractivity contribution in [2.75, 3.05) is 14.2 Å². The van der Waals surface area contributed by atoms with E-state index in [9.17, 15) is 0 Å². The van der Waals surface area contributed by atoms with Crippen LogP contribution in [0.2, 0.25) is 0 Å². The van der Waals surface area contributed by atoms with Crippen molar-refractivity contribution in [3.8, 4) is 22.1 Å². The summed E-state index contributed by atoms with van der Waals surface area (Å²) in [4.78, 5) is 5.78. The van der Waals surface area contributed by atoms with Crippen LogP contribution in [0.3, 0.4) is 0 Å². The Hall–Kier alpha value is -1.59. The molecule has 0 atom stereocenters. The standard InChI is InChI=1S/C14H18N2O2S/c1-4-11-13(8-15)19-14(16-11)10-7-9(17-2)5-6-12(10)18-3/h5-7H,4,8,15H2,1-3H3. The van der Waals surface area contributed by atoms with Crippen molar-refractivity contribution in [1.29, 1.82) is 0 Å². The summed E-state index contributed by atoms with van der Waals surface area (Å²) in [6, 6.07) is 5.71. The summed E-state index contributed by atoms with van der Waals surface area (Å²) in [5.41, 5.74) is 7.77. The Balaban J connectivity index is 2.53. The number of aromatic nitrogens is 1. The van der Waals surface area contributed by atoms with Crippen molar-refractivity contribution < 1.29 is 9.47 Å². The largest absolute Gasteiger partial charge is 0.497 e. The number of benzene rings is 1. The second-order valence-corrected chi connectivity index (χ2v) is 5.10. The first-order valence-electron chi connectivity index (χ1n) is 6.14. The molecule has 0 radical (unpaired) electrons. The molecule has 0 aliphatic carbocycles. The Bertz CT molecular complexity index is 545. The molecule has 0 amide bonds. The van der Waals surface area contributed by atoms with E-state index in [0.717, 1.165) is 39.1 Å². The average Bonchev–Trinajstić information content (AvgIpc) is 2.89. The van der Waals surface area contributed by atoms with Crippen molar-refractivity contribution in [3.05, 3.63) is 28.8 Å². The van der Waals surface area contributed by atoms with Crippen molar-refractivity contribution in [3.63, 3.8) is 0 Å². The predicted molar refractivity (Wildman–Crippen MR) is 77.9 cm³/mol. The summed E-state index contributed by atoms with van der Waals surface area (Å²) in [5, 5.41) is 0.924. The topological polar surface area (TPSA) is 57.4 Å². The van der Waals surface area contributed by atoms with Gasteiger partial charge in [0.2, 0.25) is 0 Å². The number of nitrogens with two attached hydrogens (primary N) is 1. The van der Waals surface area contributed by atoms with Crippen molar-refractivity contribution >= 4 is 11.3 Å². The first kappa shape index (κ1) is 13.8. The predicted octanol–water partition coefficient (Wildman–Crippen LogP) is 2.85. The van der Waals surface area contributed by atoms with Crippen molar-refractivity contribution in [2.45, 2.75) is 19.9 Å². The number of rotatable bonds is 5. The molecule has 5 heteroatoms. The van der Waals surface area contributed by atoms with E-state index in [-0.39, 0.29) is 0 Å². The maximum atomic E-state index is 5.76. The van der Waals surface area contributed by atoms with Crippen molar-refractivity contribution in [1.82, 2.24) is 4.98 Å². The lowest BCUT2D eigenvalue weighted by atomic mass is 10.2. The Morgan fingerprint density at radius 1 is 1.26 bits per heavy atom. The minimum absolute atomic E-state index is 0.521. The van der Waals surface area contributed by atoms with Gasteiger partial charge in [-0.2, -0.15) is 0 Å². The number of nitrogens with zero attached hydrogens (tertiary/aromatic N) is 1. The highest BCUT2D eigenvalue weighted by Gasteiger charge is 2.14. The molecule has 1 aromatic heterocycles. The number of thiazole rings is 1. The molecule has 4 nitrogen and oxygen atoms in total. The molecule has 0 saturated carbocycles. The third-order valence-electron chi connectivity index (χ3n) is 2.94. The van der Waals surface area contributed by atoms with Gasteiger partial charge >= 0.3 is 0 Å². The Kier molecular flexibility index (Phi) is 4.39. The van der Waals surface area contributed by atoms with Gasteiger partial charge in [-0.05, 0) is 24.6 Å². The smallest absolute Gasteiger partial charge is 0.129 e. The van der Waals surface area contributed by atoms with Crippen LogP contribution in [0.15, 0.2) is 18.2 Å². The number of aryl methyl sites for hydroxylation is 1. The summed E-state index contributed by atoms with van der Waals surface area (Å²) < 4.78 is 10.7. The Morgan fingerprint density at radius 2 is 2.05 bits per heavy atom. The van der Waals surface area contributed by atoms with Gasteiger partial charge < -0.3 is 15.2 Å². The Morgan fingerprint density at radius 3 is 2.58 bits per heavy atom. The SMILES string of the molecule is CCc1nc(-c2cc(OC)ccc2OC)sc1CN. The maximum absolute atomic E-state index is 5.76.